The Hall–Kier alpha value is -0.430. The average Bonchev–Trinajstić information content (AvgIpc) is 2.73. The first-order valence-electron chi connectivity index (χ1n) is 6.41. The number of rotatable bonds is 5. The first kappa shape index (κ1) is 14.0. The number of halogens is 1. The third-order valence-corrected chi connectivity index (χ3v) is 4.19. The molecule has 0 aromatic carbocycles. The van der Waals surface area contributed by atoms with E-state index in [1.807, 2.05) is 4.68 Å². The maximum atomic E-state index is 9.24. The zero-order valence-electron chi connectivity index (χ0n) is 10.7. The van der Waals surface area contributed by atoms with Crippen LogP contribution in [0.3, 0.4) is 0 Å². The molecule has 1 aliphatic rings. The molecule has 2 heterocycles. The molecule has 1 fully saturated rings. The fourth-order valence-corrected chi connectivity index (χ4v) is 2.90. The molecule has 1 N–H and O–H groups in total. The van der Waals surface area contributed by atoms with Gasteiger partial charge in [0.25, 0.3) is 0 Å². The van der Waals surface area contributed by atoms with Gasteiger partial charge in [-0.15, -0.1) is 0 Å². The Morgan fingerprint density at radius 3 is 2.67 bits per heavy atom. The molecule has 1 aromatic heterocycles. The number of hydrogen-bond acceptors (Lipinski definition) is 4. The number of ether oxygens (including phenoxy) is 1. The molecule has 0 amide bonds. The van der Waals surface area contributed by atoms with Gasteiger partial charge in [-0.25, -0.2) is 0 Å². The van der Waals surface area contributed by atoms with Gasteiger partial charge < -0.3 is 9.84 Å². The number of aliphatic hydroxyl groups is 1. The largest absolute Gasteiger partial charge is 0.390 e. The lowest BCUT2D eigenvalue weighted by atomic mass is 10.3. The molecule has 0 radical (unpaired) electrons. The molecular weight excluding hydrogens is 298 g/mol. The minimum absolute atomic E-state index is 0.0157. The summed E-state index contributed by atoms with van der Waals surface area (Å²) in [5.74, 6) is 0. The summed E-state index contributed by atoms with van der Waals surface area (Å²) in [5, 5.41) is 13.7. The Morgan fingerprint density at radius 2 is 2.06 bits per heavy atom. The summed E-state index contributed by atoms with van der Waals surface area (Å²) in [7, 11) is 0. The summed E-state index contributed by atoms with van der Waals surface area (Å²) in [6.07, 6.45) is 0.913. The molecule has 0 spiro atoms. The summed E-state index contributed by atoms with van der Waals surface area (Å²) < 4.78 is 8.29. The Bertz CT molecular complexity index is 389. The molecule has 0 atom stereocenters. The fraction of sp³-hybridized carbons (Fsp3) is 0.750. The number of hydrogen-bond donors (Lipinski definition) is 1. The topological polar surface area (TPSA) is 50.5 Å². The van der Waals surface area contributed by atoms with Gasteiger partial charge in [0, 0.05) is 19.6 Å². The quantitative estimate of drug-likeness (QED) is 0.881. The SMILES string of the molecule is CCc1c(Br)c(CO)nn1CCN1CCOCC1. The third-order valence-electron chi connectivity index (χ3n) is 3.28. The standard InChI is InChI=1S/C12H20BrN3O2/c1-2-11-12(13)10(9-17)14-16(11)4-3-15-5-7-18-8-6-15/h17H,2-9H2,1H3. The molecule has 6 heteroatoms. The molecule has 1 saturated heterocycles. The lowest BCUT2D eigenvalue weighted by Crippen LogP contribution is -2.38. The monoisotopic (exact) mass is 317 g/mol. The smallest absolute Gasteiger partial charge is 0.102 e. The van der Waals surface area contributed by atoms with Crippen LogP contribution in [0.2, 0.25) is 0 Å². The van der Waals surface area contributed by atoms with Crippen molar-refractivity contribution >= 4 is 15.9 Å². The zero-order valence-corrected chi connectivity index (χ0v) is 12.3. The second-order valence-corrected chi connectivity index (χ2v) is 5.19. The lowest BCUT2D eigenvalue weighted by Gasteiger charge is -2.26. The maximum Gasteiger partial charge on any atom is 0.102 e. The Labute approximate surface area is 116 Å². The van der Waals surface area contributed by atoms with E-state index in [0.29, 0.717) is 0 Å². The second kappa shape index (κ2) is 6.65. The third kappa shape index (κ3) is 3.12. The molecular formula is C12H20BrN3O2. The van der Waals surface area contributed by atoms with Crippen molar-refractivity contribution in [2.45, 2.75) is 26.5 Å². The van der Waals surface area contributed by atoms with E-state index in [1.54, 1.807) is 0 Å². The predicted octanol–water partition coefficient (Wildman–Crippen LogP) is 1.03. The van der Waals surface area contributed by atoms with Crippen molar-refractivity contribution in [2.75, 3.05) is 32.8 Å². The predicted molar refractivity (Wildman–Crippen MR) is 72.5 cm³/mol. The average molecular weight is 318 g/mol. The Kier molecular flexibility index (Phi) is 5.17. The van der Waals surface area contributed by atoms with Crippen molar-refractivity contribution < 1.29 is 9.84 Å². The van der Waals surface area contributed by atoms with Crippen molar-refractivity contribution in [1.82, 2.24) is 14.7 Å². The lowest BCUT2D eigenvalue weighted by molar-refractivity contribution is 0.0358. The number of aliphatic hydroxyl groups excluding tert-OH is 1. The number of aromatic nitrogens is 2. The van der Waals surface area contributed by atoms with Gasteiger partial charge in [-0.1, -0.05) is 6.92 Å². The highest BCUT2D eigenvalue weighted by Gasteiger charge is 2.15. The van der Waals surface area contributed by atoms with Crippen LogP contribution in [0.25, 0.3) is 0 Å². The minimum atomic E-state index is -0.0157. The molecule has 0 aliphatic carbocycles. The molecule has 18 heavy (non-hydrogen) atoms. The van der Waals surface area contributed by atoms with E-state index in [-0.39, 0.29) is 6.61 Å². The van der Waals surface area contributed by atoms with Crippen molar-refractivity contribution in [2.24, 2.45) is 0 Å². The van der Waals surface area contributed by atoms with Crippen LogP contribution >= 0.6 is 15.9 Å². The summed E-state index contributed by atoms with van der Waals surface area (Å²) in [5.41, 5.74) is 1.89. The Morgan fingerprint density at radius 1 is 1.33 bits per heavy atom. The van der Waals surface area contributed by atoms with Gasteiger partial charge >= 0.3 is 0 Å². The number of nitrogens with zero attached hydrogens (tertiary/aromatic N) is 3. The van der Waals surface area contributed by atoms with Crippen LogP contribution in [-0.4, -0.2) is 52.6 Å². The van der Waals surface area contributed by atoms with Crippen LogP contribution in [0.5, 0.6) is 0 Å². The highest BCUT2D eigenvalue weighted by atomic mass is 79.9. The van der Waals surface area contributed by atoms with E-state index in [4.69, 9.17) is 4.74 Å². The van der Waals surface area contributed by atoms with E-state index < -0.39 is 0 Å². The zero-order chi connectivity index (χ0) is 13.0. The summed E-state index contributed by atoms with van der Waals surface area (Å²) in [4.78, 5) is 2.39. The maximum absolute atomic E-state index is 9.24. The van der Waals surface area contributed by atoms with E-state index in [9.17, 15) is 5.11 Å². The van der Waals surface area contributed by atoms with E-state index in [0.717, 1.165) is 61.7 Å². The molecule has 2 rings (SSSR count). The van der Waals surface area contributed by atoms with Gasteiger partial charge in [-0.05, 0) is 22.4 Å². The summed E-state index contributed by atoms with van der Waals surface area (Å²) >= 11 is 3.51. The molecule has 5 nitrogen and oxygen atoms in total. The summed E-state index contributed by atoms with van der Waals surface area (Å²) in [6, 6.07) is 0. The highest BCUT2D eigenvalue weighted by molar-refractivity contribution is 9.10. The van der Waals surface area contributed by atoms with Crippen molar-refractivity contribution in [3.63, 3.8) is 0 Å². The van der Waals surface area contributed by atoms with E-state index >= 15 is 0 Å². The molecule has 0 saturated carbocycles. The van der Waals surface area contributed by atoms with Gasteiger partial charge in [0.2, 0.25) is 0 Å². The molecule has 102 valence electrons. The first-order chi connectivity index (χ1) is 8.76. The van der Waals surface area contributed by atoms with Crippen molar-refractivity contribution in [3.05, 3.63) is 15.9 Å². The van der Waals surface area contributed by atoms with Gasteiger partial charge in [-0.3, -0.25) is 9.58 Å². The second-order valence-electron chi connectivity index (χ2n) is 4.40. The van der Waals surface area contributed by atoms with Gasteiger partial charge in [-0.2, -0.15) is 5.10 Å². The summed E-state index contributed by atoms with van der Waals surface area (Å²) in [6.45, 7) is 7.58. The molecule has 0 unspecified atom stereocenters. The van der Waals surface area contributed by atoms with Crippen LogP contribution in [0.15, 0.2) is 4.47 Å². The molecule has 1 aliphatic heterocycles. The number of morpholine rings is 1. The van der Waals surface area contributed by atoms with Crippen molar-refractivity contribution in [1.29, 1.82) is 0 Å². The van der Waals surface area contributed by atoms with Gasteiger partial charge in [0.15, 0.2) is 0 Å². The van der Waals surface area contributed by atoms with Crippen LogP contribution in [0.1, 0.15) is 18.3 Å². The first-order valence-corrected chi connectivity index (χ1v) is 7.20. The van der Waals surface area contributed by atoms with E-state index in [1.165, 1.54) is 0 Å². The normalized spacial score (nSPS) is 17.3. The van der Waals surface area contributed by atoms with Crippen LogP contribution in [0.4, 0.5) is 0 Å². The van der Waals surface area contributed by atoms with Crippen LogP contribution in [-0.2, 0) is 24.3 Å². The van der Waals surface area contributed by atoms with Gasteiger partial charge in [0.1, 0.15) is 5.69 Å². The fourth-order valence-electron chi connectivity index (χ4n) is 2.21. The highest BCUT2D eigenvalue weighted by Crippen LogP contribution is 2.22. The molecule has 0 bridgehead atoms. The van der Waals surface area contributed by atoms with Crippen LogP contribution in [0, 0.1) is 0 Å². The van der Waals surface area contributed by atoms with Gasteiger partial charge in [0.05, 0.1) is 36.5 Å². The van der Waals surface area contributed by atoms with E-state index in [2.05, 4.69) is 32.9 Å². The van der Waals surface area contributed by atoms with Crippen LogP contribution < -0.4 is 0 Å². The minimum Gasteiger partial charge on any atom is -0.390 e. The van der Waals surface area contributed by atoms with Crippen molar-refractivity contribution in [3.8, 4) is 0 Å². The Balaban J connectivity index is 1.99. The molecule has 1 aromatic rings.